The summed E-state index contributed by atoms with van der Waals surface area (Å²) in [6.07, 6.45) is 0. The second-order valence-electron chi connectivity index (χ2n) is 6.41. The maximum atomic E-state index is 13.9. The Kier molecular flexibility index (Phi) is 4.65. The molecule has 0 radical (unpaired) electrons. The molecule has 2 aromatic carbocycles. The number of fused-ring (bicyclic) bond motifs is 1. The van der Waals surface area contributed by atoms with Crippen molar-refractivity contribution in [3.05, 3.63) is 77.2 Å². The number of halogens is 1. The number of ether oxygens (including phenoxy) is 1. The van der Waals surface area contributed by atoms with Gasteiger partial charge < -0.3 is 10.1 Å². The number of nitrogens with zero attached hydrogens (tertiary/aromatic N) is 3. The molecule has 2 heterocycles. The lowest BCUT2D eigenvalue weighted by molar-refractivity contribution is -0.139. The Morgan fingerprint density at radius 2 is 2.00 bits per heavy atom. The van der Waals surface area contributed by atoms with Crippen LogP contribution in [0.3, 0.4) is 0 Å². The highest BCUT2D eigenvalue weighted by molar-refractivity contribution is 5.92. The summed E-state index contributed by atoms with van der Waals surface area (Å²) in [5.74, 6) is 0.145. The average molecular weight is 378 g/mol. The summed E-state index contributed by atoms with van der Waals surface area (Å²) in [5.41, 5.74) is 2.42. The first-order valence-electron chi connectivity index (χ1n) is 9.01. The summed E-state index contributed by atoms with van der Waals surface area (Å²) < 4.78 is 20.8. The van der Waals surface area contributed by atoms with Crippen molar-refractivity contribution in [3.63, 3.8) is 0 Å². The van der Waals surface area contributed by atoms with E-state index in [1.165, 1.54) is 12.1 Å². The number of nitrogens with one attached hydrogen (secondary N) is 1. The molecule has 7 heteroatoms. The lowest BCUT2D eigenvalue weighted by atomic mass is 9.96. The number of hydrogen-bond acceptors (Lipinski definition) is 5. The van der Waals surface area contributed by atoms with Gasteiger partial charge in [0.15, 0.2) is 5.82 Å². The maximum Gasteiger partial charge on any atom is 0.338 e. The highest BCUT2D eigenvalue weighted by Crippen LogP contribution is 2.36. The van der Waals surface area contributed by atoms with Crippen LogP contribution in [0.4, 0.5) is 10.3 Å². The van der Waals surface area contributed by atoms with E-state index in [0.29, 0.717) is 28.6 Å². The first kappa shape index (κ1) is 17.9. The van der Waals surface area contributed by atoms with E-state index in [-0.39, 0.29) is 12.4 Å². The SMILES string of the molecule is CCOC(=O)C1=C(C)Nc2nc(-c3ccccc3)nn2C1c1cccc(F)c1. The number of rotatable bonds is 4. The molecule has 6 nitrogen and oxygen atoms in total. The van der Waals surface area contributed by atoms with Gasteiger partial charge in [0.25, 0.3) is 0 Å². The van der Waals surface area contributed by atoms with Crippen LogP contribution in [0.15, 0.2) is 65.9 Å². The highest BCUT2D eigenvalue weighted by atomic mass is 19.1. The summed E-state index contributed by atoms with van der Waals surface area (Å²) in [6.45, 7) is 3.76. The summed E-state index contributed by atoms with van der Waals surface area (Å²) in [5, 5.41) is 7.74. The molecule has 0 fully saturated rings. The molecule has 1 unspecified atom stereocenters. The van der Waals surface area contributed by atoms with Crippen LogP contribution in [0, 0.1) is 5.82 Å². The third kappa shape index (κ3) is 3.15. The molecule has 0 spiro atoms. The first-order chi connectivity index (χ1) is 13.6. The number of allylic oxidation sites excluding steroid dienone is 1. The number of carbonyl (C=O) groups is 1. The smallest absolute Gasteiger partial charge is 0.338 e. The van der Waals surface area contributed by atoms with Crippen molar-refractivity contribution >= 4 is 11.9 Å². The second kappa shape index (κ2) is 7.26. The number of benzene rings is 2. The number of esters is 1. The fraction of sp³-hybridized carbons (Fsp3) is 0.190. The van der Waals surface area contributed by atoms with Crippen molar-refractivity contribution < 1.29 is 13.9 Å². The summed E-state index contributed by atoms with van der Waals surface area (Å²) in [7, 11) is 0. The van der Waals surface area contributed by atoms with Crippen LogP contribution < -0.4 is 5.32 Å². The third-order valence-electron chi connectivity index (χ3n) is 4.54. The Balaban J connectivity index is 1.88. The molecule has 1 aromatic heterocycles. The van der Waals surface area contributed by atoms with Gasteiger partial charge in [0, 0.05) is 11.3 Å². The molecule has 0 saturated heterocycles. The fourth-order valence-electron chi connectivity index (χ4n) is 3.32. The van der Waals surface area contributed by atoms with Crippen molar-refractivity contribution in [1.82, 2.24) is 14.8 Å². The fourth-order valence-corrected chi connectivity index (χ4v) is 3.32. The molecule has 1 aliphatic heterocycles. The van der Waals surface area contributed by atoms with E-state index in [2.05, 4.69) is 15.4 Å². The minimum Gasteiger partial charge on any atom is -0.463 e. The van der Waals surface area contributed by atoms with Crippen LogP contribution >= 0.6 is 0 Å². The molecule has 1 aliphatic rings. The lowest BCUT2D eigenvalue weighted by Crippen LogP contribution is -2.29. The van der Waals surface area contributed by atoms with E-state index in [1.807, 2.05) is 30.3 Å². The Labute approximate surface area is 161 Å². The molecular weight excluding hydrogens is 359 g/mol. The molecular formula is C21H19FN4O2. The van der Waals surface area contributed by atoms with Crippen LogP contribution in [-0.2, 0) is 9.53 Å². The Morgan fingerprint density at radius 3 is 2.71 bits per heavy atom. The molecule has 0 amide bonds. The Hall–Kier alpha value is -3.48. The zero-order valence-electron chi connectivity index (χ0n) is 15.5. The van der Waals surface area contributed by atoms with Crippen LogP contribution in [0.25, 0.3) is 11.4 Å². The van der Waals surface area contributed by atoms with Crippen molar-refractivity contribution in [3.8, 4) is 11.4 Å². The minimum atomic E-state index is -0.643. The monoisotopic (exact) mass is 378 g/mol. The zero-order chi connectivity index (χ0) is 19.7. The highest BCUT2D eigenvalue weighted by Gasteiger charge is 2.35. The largest absolute Gasteiger partial charge is 0.463 e. The van der Waals surface area contributed by atoms with Crippen LogP contribution in [0.5, 0.6) is 0 Å². The molecule has 28 heavy (non-hydrogen) atoms. The lowest BCUT2D eigenvalue weighted by Gasteiger charge is -2.28. The quantitative estimate of drug-likeness (QED) is 0.697. The van der Waals surface area contributed by atoms with Gasteiger partial charge in [-0.1, -0.05) is 42.5 Å². The summed E-state index contributed by atoms with van der Waals surface area (Å²) in [4.78, 5) is 17.3. The van der Waals surface area contributed by atoms with E-state index in [9.17, 15) is 9.18 Å². The maximum absolute atomic E-state index is 13.9. The van der Waals surface area contributed by atoms with Crippen molar-refractivity contribution in [2.75, 3.05) is 11.9 Å². The predicted octanol–water partition coefficient (Wildman–Crippen LogP) is 3.94. The van der Waals surface area contributed by atoms with Gasteiger partial charge in [0.1, 0.15) is 11.9 Å². The van der Waals surface area contributed by atoms with Gasteiger partial charge in [0.2, 0.25) is 5.95 Å². The molecule has 142 valence electrons. The summed E-state index contributed by atoms with van der Waals surface area (Å²) >= 11 is 0. The van der Waals surface area contributed by atoms with Crippen molar-refractivity contribution in [2.24, 2.45) is 0 Å². The van der Waals surface area contributed by atoms with Gasteiger partial charge in [-0.25, -0.2) is 13.9 Å². The number of carbonyl (C=O) groups excluding carboxylic acids is 1. The molecule has 0 bridgehead atoms. The van der Waals surface area contributed by atoms with E-state index in [1.54, 1.807) is 30.7 Å². The van der Waals surface area contributed by atoms with Gasteiger partial charge in [-0.2, -0.15) is 4.98 Å². The molecule has 3 aromatic rings. The summed E-state index contributed by atoms with van der Waals surface area (Å²) in [6, 6.07) is 15.0. The first-order valence-corrected chi connectivity index (χ1v) is 9.01. The van der Waals surface area contributed by atoms with E-state index in [4.69, 9.17) is 4.74 Å². The topological polar surface area (TPSA) is 69.0 Å². The van der Waals surface area contributed by atoms with Gasteiger partial charge in [0.05, 0.1) is 12.2 Å². The van der Waals surface area contributed by atoms with Crippen molar-refractivity contribution in [1.29, 1.82) is 0 Å². The van der Waals surface area contributed by atoms with E-state index >= 15 is 0 Å². The molecule has 1 N–H and O–H groups in total. The van der Waals surface area contributed by atoms with Crippen LogP contribution in [0.2, 0.25) is 0 Å². The zero-order valence-corrected chi connectivity index (χ0v) is 15.5. The molecule has 1 atom stereocenters. The van der Waals surface area contributed by atoms with E-state index < -0.39 is 12.0 Å². The van der Waals surface area contributed by atoms with Crippen LogP contribution in [0.1, 0.15) is 25.5 Å². The van der Waals surface area contributed by atoms with E-state index in [0.717, 1.165) is 5.56 Å². The normalized spacial score (nSPS) is 15.8. The average Bonchev–Trinajstić information content (AvgIpc) is 3.11. The number of hydrogen-bond donors (Lipinski definition) is 1. The van der Waals surface area contributed by atoms with Crippen LogP contribution in [-0.4, -0.2) is 27.3 Å². The standard InChI is InChI=1S/C21H19FN4O2/c1-3-28-20(27)17-13(2)23-21-24-19(14-8-5-4-6-9-14)25-26(21)18(17)15-10-7-11-16(22)12-15/h4-12,18H,3H2,1-2H3,(H,23,24,25). The molecule has 0 aliphatic carbocycles. The second-order valence-corrected chi connectivity index (χ2v) is 6.41. The molecule has 4 rings (SSSR count). The number of anilines is 1. The number of aromatic nitrogens is 3. The predicted molar refractivity (Wildman–Crippen MR) is 103 cm³/mol. The Morgan fingerprint density at radius 1 is 1.21 bits per heavy atom. The van der Waals surface area contributed by atoms with Gasteiger partial charge in [-0.3, -0.25) is 0 Å². The Bertz CT molecular complexity index is 1060. The van der Waals surface area contributed by atoms with Gasteiger partial charge in [-0.05, 0) is 31.5 Å². The third-order valence-corrected chi connectivity index (χ3v) is 4.54. The van der Waals surface area contributed by atoms with Gasteiger partial charge in [-0.15, -0.1) is 5.10 Å². The van der Waals surface area contributed by atoms with Crippen molar-refractivity contribution in [2.45, 2.75) is 19.9 Å². The molecule has 0 saturated carbocycles. The van der Waals surface area contributed by atoms with Gasteiger partial charge >= 0.3 is 5.97 Å². The minimum absolute atomic E-state index is 0.241.